The molecule has 7 N–H and O–H groups in total. The molecule has 2 fully saturated rings. The summed E-state index contributed by atoms with van der Waals surface area (Å²) in [5, 5.41) is 32.6. The molecule has 11 heteroatoms. The van der Waals surface area contributed by atoms with Gasteiger partial charge in [0, 0.05) is 76.3 Å². The SMILES string of the molecule is CNc1c(C(=O)C2CNCCN2)cc(C(NC)c2cccnc2C#N)c(C(=O)C2CNCCN2)c1NC. The quantitative estimate of drug-likeness (QED) is 0.227. The number of benzene rings is 1. The molecule has 3 heterocycles. The summed E-state index contributed by atoms with van der Waals surface area (Å²) in [5.74, 6) is -0.172. The molecule has 2 saturated heterocycles. The minimum Gasteiger partial charge on any atom is -0.386 e. The predicted octanol–water partition coefficient (Wildman–Crippen LogP) is -0.166. The van der Waals surface area contributed by atoms with Crippen molar-refractivity contribution in [3.05, 3.63) is 52.3 Å². The van der Waals surface area contributed by atoms with Gasteiger partial charge in [0.25, 0.3) is 0 Å². The topological polar surface area (TPSA) is 155 Å². The highest BCUT2D eigenvalue weighted by Crippen LogP contribution is 2.39. The molecule has 4 rings (SSSR count). The van der Waals surface area contributed by atoms with Crippen molar-refractivity contribution in [1.29, 1.82) is 5.26 Å². The van der Waals surface area contributed by atoms with E-state index in [4.69, 9.17) is 0 Å². The molecule has 0 aliphatic carbocycles. The molecule has 0 radical (unpaired) electrons. The van der Waals surface area contributed by atoms with E-state index in [0.29, 0.717) is 59.8 Å². The molecule has 2 aliphatic heterocycles. The molecule has 0 saturated carbocycles. The number of rotatable bonds is 9. The second-order valence-corrected chi connectivity index (χ2v) is 9.06. The van der Waals surface area contributed by atoms with Crippen LogP contribution in [0.15, 0.2) is 24.4 Å². The van der Waals surface area contributed by atoms with Crippen molar-refractivity contribution in [1.82, 2.24) is 31.6 Å². The maximum atomic E-state index is 14.1. The molecule has 0 spiro atoms. The first kappa shape index (κ1) is 26.7. The molecule has 37 heavy (non-hydrogen) atoms. The number of nitrogens with zero attached hydrogens (tertiary/aromatic N) is 2. The van der Waals surface area contributed by atoms with Crippen LogP contribution in [0, 0.1) is 11.3 Å². The molecular weight excluding hydrogens is 470 g/mol. The average molecular weight is 506 g/mol. The predicted molar refractivity (Wildman–Crippen MR) is 143 cm³/mol. The number of piperazine rings is 2. The van der Waals surface area contributed by atoms with Gasteiger partial charge in [-0.15, -0.1) is 0 Å². The summed E-state index contributed by atoms with van der Waals surface area (Å²) in [7, 11) is 5.27. The normalized spacial score (nSPS) is 20.5. The number of aromatic nitrogens is 1. The summed E-state index contributed by atoms with van der Waals surface area (Å²) in [5.41, 5.74) is 3.55. The van der Waals surface area contributed by atoms with E-state index in [1.54, 1.807) is 39.5 Å². The van der Waals surface area contributed by atoms with Crippen molar-refractivity contribution < 1.29 is 9.59 Å². The zero-order valence-electron chi connectivity index (χ0n) is 21.5. The van der Waals surface area contributed by atoms with E-state index >= 15 is 0 Å². The van der Waals surface area contributed by atoms with Crippen LogP contribution < -0.4 is 37.2 Å². The third-order valence-corrected chi connectivity index (χ3v) is 6.94. The van der Waals surface area contributed by atoms with Gasteiger partial charge in [-0.05, 0) is 24.7 Å². The lowest BCUT2D eigenvalue weighted by Gasteiger charge is -2.30. The Bertz CT molecular complexity index is 1180. The maximum Gasteiger partial charge on any atom is 0.183 e. The third-order valence-electron chi connectivity index (χ3n) is 6.94. The number of carbonyl (C=O) groups excluding carboxylic acids is 2. The smallest absolute Gasteiger partial charge is 0.183 e. The fraction of sp³-hybridized carbons (Fsp3) is 0.462. The summed E-state index contributed by atoms with van der Waals surface area (Å²) in [4.78, 5) is 32.1. The first-order valence-corrected chi connectivity index (χ1v) is 12.6. The van der Waals surface area contributed by atoms with Crippen molar-refractivity contribution in [3.63, 3.8) is 0 Å². The van der Waals surface area contributed by atoms with E-state index in [1.807, 2.05) is 6.07 Å². The largest absolute Gasteiger partial charge is 0.386 e. The van der Waals surface area contributed by atoms with Crippen molar-refractivity contribution in [2.75, 3.05) is 71.0 Å². The van der Waals surface area contributed by atoms with E-state index in [-0.39, 0.29) is 17.3 Å². The molecule has 0 amide bonds. The molecule has 1 aromatic heterocycles. The molecule has 196 valence electrons. The van der Waals surface area contributed by atoms with Crippen LogP contribution in [0.5, 0.6) is 0 Å². The summed E-state index contributed by atoms with van der Waals surface area (Å²) >= 11 is 0. The highest BCUT2D eigenvalue weighted by atomic mass is 16.1. The number of nitrogens with one attached hydrogen (secondary N) is 7. The second-order valence-electron chi connectivity index (χ2n) is 9.06. The van der Waals surface area contributed by atoms with Gasteiger partial charge in [-0.1, -0.05) is 6.07 Å². The van der Waals surface area contributed by atoms with Gasteiger partial charge in [0.2, 0.25) is 0 Å². The Hall–Kier alpha value is -3.40. The van der Waals surface area contributed by atoms with Gasteiger partial charge >= 0.3 is 0 Å². The Balaban J connectivity index is 1.96. The Labute approximate surface area is 217 Å². The van der Waals surface area contributed by atoms with Gasteiger partial charge in [-0.2, -0.15) is 5.26 Å². The van der Waals surface area contributed by atoms with Crippen LogP contribution in [0.2, 0.25) is 0 Å². The lowest BCUT2D eigenvalue weighted by molar-refractivity contribution is 0.0923. The van der Waals surface area contributed by atoms with Gasteiger partial charge in [0.05, 0.1) is 29.5 Å². The van der Waals surface area contributed by atoms with Crippen molar-refractivity contribution in [3.8, 4) is 6.07 Å². The fourth-order valence-electron chi connectivity index (χ4n) is 5.16. The van der Waals surface area contributed by atoms with Gasteiger partial charge in [-0.3, -0.25) is 9.59 Å². The van der Waals surface area contributed by atoms with Crippen LogP contribution in [0.4, 0.5) is 11.4 Å². The standard InChI is InChI=1S/C26H35N9O2/c1-28-22(15-5-4-6-33-18(15)12-27)16-11-17(25(36)19-13-31-7-9-34-19)23(29-2)24(30-3)21(16)26(37)20-14-32-8-10-35-20/h4-6,11,19-20,22,28-32,34-35H,7-10,13-14H2,1-3H3. The number of Topliss-reactive ketones (excluding diaryl/α,β-unsaturated/α-hetero) is 2. The summed E-state index contributed by atoms with van der Waals surface area (Å²) in [6.45, 7) is 3.95. The van der Waals surface area contributed by atoms with Crippen molar-refractivity contribution in [2.24, 2.45) is 0 Å². The average Bonchev–Trinajstić information content (AvgIpc) is 2.97. The molecule has 3 unspecified atom stereocenters. The Morgan fingerprint density at radius 2 is 1.62 bits per heavy atom. The van der Waals surface area contributed by atoms with Crippen LogP contribution in [0.3, 0.4) is 0 Å². The molecule has 3 atom stereocenters. The number of hydrogen-bond donors (Lipinski definition) is 7. The highest BCUT2D eigenvalue weighted by molar-refractivity contribution is 6.14. The minimum atomic E-state index is -0.555. The molecule has 1 aromatic carbocycles. The molecule has 2 aliphatic rings. The Kier molecular flexibility index (Phi) is 8.81. The lowest BCUT2D eigenvalue weighted by atomic mass is 9.84. The van der Waals surface area contributed by atoms with Crippen LogP contribution in [0.1, 0.15) is 43.6 Å². The van der Waals surface area contributed by atoms with Crippen LogP contribution in [-0.2, 0) is 0 Å². The first-order chi connectivity index (χ1) is 18.0. The third kappa shape index (κ3) is 5.34. The highest BCUT2D eigenvalue weighted by Gasteiger charge is 2.34. The second kappa shape index (κ2) is 12.2. The first-order valence-electron chi connectivity index (χ1n) is 12.6. The summed E-state index contributed by atoms with van der Waals surface area (Å²) in [6, 6.07) is 6.15. The van der Waals surface area contributed by atoms with Gasteiger partial charge in [-0.25, -0.2) is 4.98 Å². The van der Waals surface area contributed by atoms with Crippen LogP contribution >= 0.6 is 0 Å². The molecule has 2 aromatic rings. The number of carbonyl (C=O) groups is 2. The summed E-state index contributed by atoms with van der Waals surface area (Å²) in [6.07, 6.45) is 1.57. The maximum absolute atomic E-state index is 14.1. The molecule has 11 nitrogen and oxygen atoms in total. The van der Waals surface area contributed by atoms with E-state index in [2.05, 4.69) is 48.3 Å². The Morgan fingerprint density at radius 1 is 0.973 bits per heavy atom. The number of nitriles is 1. The Morgan fingerprint density at radius 3 is 2.16 bits per heavy atom. The van der Waals surface area contributed by atoms with Crippen LogP contribution in [-0.4, -0.2) is 89.0 Å². The van der Waals surface area contributed by atoms with E-state index in [9.17, 15) is 14.9 Å². The van der Waals surface area contributed by atoms with Gasteiger partial charge < -0.3 is 37.2 Å². The summed E-state index contributed by atoms with van der Waals surface area (Å²) < 4.78 is 0. The lowest BCUT2D eigenvalue weighted by Crippen LogP contribution is -2.53. The van der Waals surface area contributed by atoms with Crippen molar-refractivity contribution >= 4 is 22.9 Å². The van der Waals surface area contributed by atoms with Crippen LogP contribution in [0.25, 0.3) is 0 Å². The van der Waals surface area contributed by atoms with E-state index in [1.165, 1.54) is 0 Å². The zero-order chi connectivity index (χ0) is 26.4. The number of hydrogen-bond acceptors (Lipinski definition) is 11. The number of pyridine rings is 1. The van der Waals surface area contributed by atoms with Gasteiger partial charge in [0.1, 0.15) is 11.8 Å². The molecular formula is C26H35N9O2. The van der Waals surface area contributed by atoms with Gasteiger partial charge in [0.15, 0.2) is 11.6 Å². The minimum absolute atomic E-state index is 0.0766. The number of ketones is 2. The monoisotopic (exact) mass is 505 g/mol. The van der Waals surface area contributed by atoms with Crippen molar-refractivity contribution in [2.45, 2.75) is 18.1 Å². The fourth-order valence-corrected chi connectivity index (χ4v) is 5.16. The van der Waals surface area contributed by atoms with E-state index in [0.717, 1.165) is 13.1 Å². The van der Waals surface area contributed by atoms with E-state index < -0.39 is 18.1 Å². The molecule has 0 bridgehead atoms. The zero-order valence-corrected chi connectivity index (χ0v) is 21.5. The number of anilines is 2.